The first-order valence-corrected chi connectivity index (χ1v) is 8.04. The maximum absolute atomic E-state index is 12.7. The number of fused-ring (bicyclic) bond motifs is 1. The van der Waals surface area contributed by atoms with Crippen LogP contribution in [0.1, 0.15) is 0 Å². The van der Waals surface area contributed by atoms with E-state index in [1.54, 1.807) is 13.2 Å². The molecule has 0 saturated heterocycles. The van der Waals surface area contributed by atoms with Crippen molar-refractivity contribution in [1.82, 2.24) is 0 Å². The van der Waals surface area contributed by atoms with Crippen molar-refractivity contribution in [1.29, 1.82) is 0 Å². The SMILES string of the molecule is COc1cccc2c(-c3ccccc3)c(-c3ccccc3)oc(=O)c12. The Balaban J connectivity index is 2.18. The maximum atomic E-state index is 12.7. The van der Waals surface area contributed by atoms with E-state index in [9.17, 15) is 4.79 Å². The fourth-order valence-electron chi connectivity index (χ4n) is 3.12. The minimum absolute atomic E-state index is 0.397. The summed E-state index contributed by atoms with van der Waals surface area (Å²) in [6.45, 7) is 0. The minimum Gasteiger partial charge on any atom is -0.496 e. The molecule has 0 radical (unpaired) electrons. The monoisotopic (exact) mass is 328 g/mol. The van der Waals surface area contributed by atoms with E-state index in [0.717, 1.165) is 22.1 Å². The summed E-state index contributed by atoms with van der Waals surface area (Å²) in [5.41, 5.74) is 2.35. The van der Waals surface area contributed by atoms with Gasteiger partial charge >= 0.3 is 5.63 Å². The second-order valence-corrected chi connectivity index (χ2v) is 5.71. The second-order valence-electron chi connectivity index (χ2n) is 5.71. The Labute approximate surface area is 145 Å². The lowest BCUT2D eigenvalue weighted by Crippen LogP contribution is -2.05. The van der Waals surface area contributed by atoms with Gasteiger partial charge in [-0.3, -0.25) is 0 Å². The lowest BCUT2D eigenvalue weighted by atomic mass is 9.95. The highest BCUT2D eigenvalue weighted by Gasteiger charge is 2.19. The summed E-state index contributed by atoms with van der Waals surface area (Å²) in [6.07, 6.45) is 0. The number of hydrogen-bond acceptors (Lipinski definition) is 3. The number of methoxy groups -OCH3 is 1. The standard InChI is InChI=1S/C22H16O3/c1-24-18-14-8-13-17-19(15-9-4-2-5-10-15)21(25-22(23)20(17)18)16-11-6-3-7-12-16/h2-14H,1H3. The Morgan fingerprint density at radius 1 is 0.760 bits per heavy atom. The molecule has 3 aromatic carbocycles. The fraction of sp³-hybridized carbons (Fsp3) is 0.0455. The van der Waals surface area contributed by atoms with Crippen LogP contribution in [0.4, 0.5) is 0 Å². The fourth-order valence-corrected chi connectivity index (χ4v) is 3.12. The summed E-state index contributed by atoms with van der Waals surface area (Å²) >= 11 is 0. The van der Waals surface area contributed by atoms with Gasteiger partial charge in [0.15, 0.2) is 0 Å². The molecule has 0 amide bonds. The Bertz CT molecular complexity index is 1080. The maximum Gasteiger partial charge on any atom is 0.348 e. The smallest absolute Gasteiger partial charge is 0.348 e. The van der Waals surface area contributed by atoms with Gasteiger partial charge in [-0.05, 0) is 11.6 Å². The van der Waals surface area contributed by atoms with Crippen molar-refractivity contribution in [2.24, 2.45) is 0 Å². The average molecular weight is 328 g/mol. The van der Waals surface area contributed by atoms with Gasteiger partial charge in [0.25, 0.3) is 0 Å². The number of hydrogen-bond donors (Lipinski definition) is 0. The molecule has 1 heterocycles. The van der Waals surface area contributed by atoms with Crippen LogP contribution in [0.2, 0.25) is 0 Å². The molecule has 0 fully saturated rings. The Morgan fingerprint density at radius 3 is 2.04 bits per heavy atom. The molecule has 25 heavy (non-hydrogen) atoms. The second kappa shape index (κ2) is 6.29. The van der Waals surface area contributed by atoms with E-state index in [1.807, 2.05) is 72.8 Å². The third-order valence-corrected chi connectivity index (χ3v) is 4.24. The number of rotatable bonds is 3. The van der Waals surface area contributed by atoms with Crippen LogP contribution >= 0.6 is 0 Å². The highest BCUT2D eigenvalue weighted by molar-refractivity contribution is 6.03. The van der Waals surface area contributed by atoms with Crippen LogP contribution in [-0.4, -0.2) is 7.11 Å². The molecule has 4 rings (SSSR count). The molecular weight excluding hydrogens is 312 g/mol. The third-order valence-electron chi connectivity index (χ3n) is 4.24. The van der Waals surface area contributed by atoms with Crippen molar-refractivity contribution in [2.75, 3.05) is 7.11 Å². The zero-order chi connectivity index (χ0) is 17.2. The molecule has 0 bridgehead atoms. The normalized spacial score (nSPS) is 10.8. The van der Waals surface area contributed by atoms with Crippen molar-refractivity contribution in [3.8, 4) is 28.2 Å². The van der Waals surface area contributed by atoms with Gasteiger partial charge in [-0.25, -0.2) is 4.79 Å². The summed E-state index contributed by atoms with van der Waals surface area (Å²) in [5, 5.41) is 1.28. The molecular formula is C22H16O3. The molecule has 3 heteroatoms. The Morgan fingerprint density at radius 2 is 1.40 bits per heavy atom. The van der Waals surface area contributed by atoms with Crippen molar-refractivity contribution in [2.45, 2.75) is 0 Å². The summed E-state index contributed by atoms with van der Waals surface area (Å²) in [5.74, 6) is 1.08. The van der Waals surface area contributed by atoms with Gasteiger partial charge in [-0.1, -0.05) is 72.8 Å². The van der Waals surface area contributed by atoms with Crippen molar-refractivity contribution in [3.63, 3.8) is 0 Å². The van der Waals surface area contributed by atoms with E-state index in [-0.39, 0.29) is 0 Å². The summed E-state index contributed by atoms with van der Waals surface area (Å²) in [7, 11) is 1.56. The van der Waals surface area contributed by atoms with Crippen molar-refractivity contribution < 1.29 is 9.15 Å². The molecule has 0 aliphatic heterocycles. The molecule has 0 N–H and O–H groups in total. The van der Waals surface area contributed by atoms with Gasteiger partial charge < -0.3 is 9.15 Å². The molecule has 0 spiro atoms. The highest BCUT2D eigenvalue weighted by atomic mass is 16.5. The van der Waals surface area contributed by atoms with Gasteiger partial charge in [0.2, 0.25) is 0 Å². The van der Waals surface area contributed by atoms with Crippen LogP contribution in [0.3, 0.4) is 0 Å². The molecule has 0 aliphatic carbocycles. The van der Waals surface area contributed by atoms with Gasteiger partial charge in [-0.2, -0.15) is 0 Å². The van der Waals surface area contributed by atoms with Crippen LogP contribution in [-0.2, 0) is 0 Å². The number of ether oxygens (including phenoxy) is 1. The van der Waals surface area contributed by atoms with E-state index in [4.69, 9.17) is 9.15 Å². The van der Waals surface area contributed by atoms with E-state index >= 15 is 0 Å². The van der Waals surface area contributed by atoms with E-state index in [1.165, 1.54) is 0 Å². The zero-order valence-electron chi connectivity index (χ0n) is 13.7. The summed E-state index contributed by atoms with van der Waals surface area (Å²) < 4.78 is 11.2. The van der Waals surface area contributed by atoms with Crippen LogP contribution < -0.4 is 10.4 Å². The van der Waals surface area contributed by atoms with Crippen LogP contribution in [0.5, 0.6) is 5.75 Å². The molecule has 0 aliphatic rings. The third kappa shape index (κ3) is 2.60. The topological polar surface area (TPSA) is 39.4 Å². The molecule has 0 unspecified atom stereocenters. The lowest BCUT2D eigenvalue weighted by Gasteiger charge is -2.13. The van der Waals surface area contributed by atoms with Crippen LogP contribution in [0, 0.1) is 0 Å². The average Bonchev–Trinajstić information content (AvgIpc) is 2.68. The van der Waals surface area contributed by atoms with Gasteiger partial charge in [0.05, 0.1) is 7.11 Å². The molecule has 4 aromatic rings. The molecule has 0 saturated carbocycles. The quantitative estimate of drug-likeness (QED) is 0.523. The van der Waals surface area contributed by atoms with E-state index in [2.05, 4.69) is 0 Å². The van der Waals surface area contributed by atoms with Crippen molar-refractivity contribution in [3.05, 3.63) is 89.3 Å². The summed E-state index contributed by atoms with van der Waals surface area (Å²) in [6, 6.07) is 25.2. The molecule has 0 atom stereocenters. The highest BCUT2D eigenvalue weighted by Crippen LogP contribution is 2.38. The Kier molecular flexibility index (Phi) is 3.82. The van der Waals surface area contributed by atoms with Crippen LogP contribution in [0.25, 0.3) is 33.2 Å². The zero-order valence-corrected chi connectivity index (χ0v) is 13.7. The first-order valence-electron chi connectivity index (χ1n) is 8.04. The Hall–Kier alpha value is -3.33. The molecule has 1 aromatic heterocycles. The first-order chi connectivity index (χ1) is 12.3. The molecule has 122 valence electrons. The summed E-state index contributed by atoms with van der Waals surface area (Å²) in [4.78, 5) is 12.7. The minimum atomic E-state index is -0.397. The lowest BCUT2D eigenvalue weighted by molar-refractivity contribution is 0.417. The van der Waals surface area contributed by atoms with Crippen molar-refractivity contribution >= 4 is 10.8 Å². The predicted octanol–water partition coefficient (Wildman–Crippen LogP) is 5.14. The first kappa shape index (κ1) is 15.2. The van der Waals surface area contributed by atoms with E-state index < -0.39 is 5.63 Å². The van der Waals surface area contributed by atoms with Gasteiger partial charge in [0.1, 0.15) is 16.9 Å². The predicted molar refractivity (Wildman–Crippen MR) is 99.9 cm³/mol. The largest absolute Gasteiger partial charge is 0.496 e. The van der Waals surface area contributed by atoms with Crippen LogP contribution in [0.15, 0.2) is 88.1 Å². The number of benzene rings is 3. The van der Waals surface area contributed by atoms with Gasteiger partial charge in [0, 0.05) is 16.5 Å². The molecule has 3 nitrogen and oxygen atoms in total. The van der Waals surface area contributed by atoms with Gasteiger partial charge in [-0.15, -0.1) is 0 Å². The van der Waals surface area contributed by atoms with E-state index in [0.29, 0.717) is 16.9 Å².